The van der Waals surface area contributed by atoms with Gasteiger partial charge >= 0.3 is 0 Å². The van der Waals surface area contributed by atoms with Crippen LogP contribution in [0.2, 0.25) is 0 Å². The average Bonchev–Trinajstić information content (AvgIpc) is 3.33. The Morgan fingerprint density at radius 2 is 1.18 bits per heavy atom. The number of hydrogen-bond acceptors (Lipinski definition) is 2. The molecule has 1 aromatic heterocycles. The predicted molar refractivity (Wildman–Crippen MR) is 163 cm³/mol. The Morgan fingerprint density at radius 1 is 0.513 bits per heavy atom. The maximum absolute atomic E-state index is 6.23. The summed E-state index contributed by atoms with van der Waals surface area (Å²) in [5.41, 5.74) is 7.82. The smallest absolute Gasteiger partial charge is 0.151 e. The second-order valence-electron chi connectivity index (χ2n) is 9.89. The van der Waals surface area contributed by atoms with Crippen LogP contribution >= 0.6 is 0 Å². The lowest BCUT2D eigenvalue weighted by molar-refractivity contribution is 0.477. The lowest BCUT2D eigenvalue weighted by Crippen LogP contribution is -2.14. The largest absolute Gasteiger partial charge is 0.453 e. The molecular formula is C36H24N2O. The Hall–Kier alpha value is -5.28. The average molecular weight is 501 g/mol. The molecule has 1 aliphatic rings. The summed E-state index contributed by atoms with van der Waals surface area (Å²) in [4.78, 5) is 2.10. The first-order chi connectivity index (χ1) is 19.3. The summed E-state index contributed by atoms with van der Waals surface area (Å²) in [7, 11) is 0. The monoisotopic (exact) mass is 500 g/mol. The number of nitrogens with zero attached hydrogens (tertiary/aromatic N) is 2. The van der Waals surface area contributed by atoms with Crippen LogP contribution in [0, 0.1) is 0 Å². The summed E-state index contributed by atoms with van der Waals surface area (Å²) in [5, 5.41) is 4.96. The van der Waals surface area contributed by atoms with Crippen LogP contribution in [0.3, 0.4) is 0 Å². The minimum Gasteiger partial charge on any atom is -0.453 e. The van der Waals surface area contributed by atoms with Gasteiger partial charge in [0.25, 0.3) is 0 Å². The molecule has 0 amide bonds. The van der Waals surface area contributed by atoms with E-state index in [0.717, 1.165) is 34.0 Å². The number of para-hydroxylation sites is 3. The van der Waals surface area contributed by atoms with Gasteiger partial charge in [-0.3, -0.25) is 0 Å². The number of ether oxygens (including phenoxy) is 1. The van der Waals surface area contributed by atoms with Gasteiger partial charge in [0.05, 0.1) is 28.1 Å². The number of rotatable bonds is 3. The van der Waals surface area contributed by atoms with Crippen molar-refractivity contribution < 1.29 is 4.74 Å². The highest BCUT2D eigenvalue weighted by Gasteiger charge is 2.23. The van der Waals surface area contributed by atoms with Crippen molar-refractivity contribution in [3.63, 3.8) is 0 Å². The third kappa shape index (κ3) is 3.23. The molecule has 3 nitrogen and oxygen atoms in total. The molecule has 0 fully saturated rings. The number of anilines is 2. The van der Waals surface area contributed by atoms with E-state index < -0.39 is 0 Å². The van der Waals surface area contributed by atoms with Crippen LogP contribution in [0.4, 0.5) is 11.4 Å². The Bertz CT molecular complexity index is 2080. The molecule has 184 valence electrons. The number of fused-ring (bicyclic) bond motifs is 6. The predicted octanol–water partition coefficient (Wildman–Crippen LogP) is 9.99. The Morgan fingerprint density at radius 3 is 2.10 bits per heavy atom. The van der Waals surface area contributed by atoms with Crippen molar-refractivity contribution in [2.45, 2.75) is 0 Å². The first-order valence-electron chi connectivity index (χ1n) is 13.1. The standard InChI is InChI=1S/C36H24N2O/c1-2-37-32-15-7-8-17-35(32)39-36-21-19-26(23-34(36)37)25-18-20-29-28-13-5-6-14-31(28)38(33(29)22-25)30-16-9-11-24-10-3-4-12-27(24)30/h2-23H,1H2. The van der Waals surface area contributed by atoms with E-state index >= 15 is 0 Å². The Labute approximate surface area is 226 Å². The van der Waals surface area contributed by atoms with Gasteiger partial charge in [-0.05, 0) is 59.0 Å². The van der Waals surface area contributed by atoms with Crippen LogP contribution in [0.25, 0.3) is 49.4 Å². The van der Waals surface area contributed by atoms with Crippen molar-refractivity contribution in [1.29, 1.82) is 0 Å². The van der Waals surface area contributed by atoms with E-state index in [1.807, 2.05) is 24.4 Å². The second-order valence-corrected chi connectivity index (χ2v) is 9.89. The van der Waals surface area contributed by atoms with E-state index in [1.165, 1.54) is 38.3 Å². The van der Waals surface area contributed by atoms with Gasteiger partial charge < -0.3 is 14.2 Å². The quantitative estimate of drug-likeness (QED) is 0.240. The zero-order valence-corrected chi connectivity index (χ0v) is 21.2. The summed E-state index contributed by atoms with van der Waals surface area (Å²) in [6, 6.07) is 45.1. The van der Waals surface area contributed by atoms with E-state index in [2.05, 4.69) is 125 Å². The molecule has 0 bridgehead atoms. The molecule has 0 N–H and O–H groups in total. The van der Waals surface area contributed by atoms with Crippen molar-refractivity contribution in [3.8, 4) is 28.3 Å². The molecule has 3 heteroatoms. The van der Waals surface area contributed by atoms with E-state index in [4.69, 9.17) is 4.74 Å². The SMILES string of the molecule is C=CN1c2ccccc2Oc2ccc(-c3ccc4c5ccccc5n(-c5cccc6ccccc56)c4c3)cc21. The van der Waals surface area contributed by atoms with Gasteiger partial charge in [-0.25, -0.2) is 0 Å². The fourth-order valence-electron chi connectivity index (χ4n) is 5.97. The third-order valence-electron chi connectivity index (χ3n) is 7.76. The minimum absolute atomic E-state index is 0.822. The zero-order valence-electron chi connectivity index (χ0n) is 21.2. The van der Waals surface area contributed by atoms with E-state index in [-0.39, 0.29) is 0 Å². The molecular weight excluding hydrogens is 476 g/mol. The van der Waals surface area contributed by atoms with Gasteiger partial charge in [-0.2, -0.15) is 0 Å². The molecule has 8 rings (SSSR count). The molecule has 1 aliphatic heterocycles. The molecule has 0 spiro atoms. The molecule has 39 heavy (non-hydrogen) atoms. The van der Waals surface area contributed by atoms with Gasteiger partial charge in [0.15, 0.2) is 11.5 Å². The van der Waals surface area contributed by atoms with Crippen LogP contribution in [0.5, 0.6) is 11.5 Å². The van der Waals surface area contributed by atoms with E-state index in [1.54, 1.807) is 0 Å². The highest BCUT2D eigenvalue weighted by atomic mass is 16.5. The maximum atomic E-state index is 6.23. The molecule has 0 aliphatic carbocycles. The summed E-state index contributed by atoms with van der Waals surface area (Å²) < 4.78 is 8.64. The van der Waals surface area contributed by atoms with Gasteiger partial charge in [0.2, 0.25) is 0 Å². The molecule has 0 unspecified atom stereocenters. The summed E-state index contributed by atoms with van der Waals surface area (Å²) >= 11 is 0. The topological polar surface area (TPSA) is 17.4 Å². The number of benzene rings is 6. The summed E-state index contributed by atoms with van der Waals surface area (Å²) in [6.45, 7) is 4.09. The van der Waals surface area contributed by atoms with E-state index in [9.17, 15) is 0 Å². The summed E-state index contributed by atoms with van der Waals surface area (Å²) in [6.07, 6.45) is 1.85. The fourth-order valence-corrected chi connectivity index (χ4v) is 5.97. The lowest BCUT2D eigenvalue weighted by Gasteiger charge is -2.30. The minimum atomic E-state index is 0.822. The summed E-state index contributed by atoms with van der Waals surface area (Å²) in [5.74, 6) is 1.65. The molecule has 6 aromatic carbocycles. The van der Waals surface area contributed by atoms with Crippen molar-refractivity contribution in [1.82, 2.24) is 4.57 Å². The van der Waals surface area contributed by atoms with Gasteiger partial charge in [0.1, 0.15) is 0 Å². The Kier molecular flexibility index (Phi) is 4.67. The Balaban J connectivity index is 1.35. The normalized spacial score (nSPS) is 12.4. The molecule has 0 saturated heterocycles. The van der Waals surface area contributed by atoms with Gasteiger partial charge in [-0.1, -0.05) is 91.5 Å². The molecule has 7 aromatic rings. The molecule has 0 radical (unpaired) electrons. The fraction of sp³-hybridized carbons (Fsp3) is 0. The van der Waals surface area contributed by atoms with Crippen LogP contribution < -0.4 is 9.64 Å². The molecule has 0 atom stereocenters. The second kappa shape index (κ2) is 8.37. The number of hydrogen-bond donors (Lipinski definition) is 0. The van der Waals surface area contributed by atoms with Crippen molar-refractivity contribution in [2.75, 3.05) is 4.90 Å². The number of aromatic nitrogens is 1. The van der Waals surface area contributed by atoms with E-state index in [0.29, 0.717) is 0 Å². The van der Waals surface area contributed by atoms with Crippen LogP contribution in [-0.4, -0.2) is 4.57 Å². The maximum Gasteiger partial charge on any atom is 0.151 e. The van der Waals surface area contributed by atoms with Crippen molar-refractivity contribution >= 4 is 44.0 Å². The first kappa shape index (κ1) is 21.8. The highest BCUT2D eigenvalue weighted by molar-refractivity contribution is 6.11. The van der Waals surface area contributed by atoms with Crippen LogP contribution in [-0.2, 0) is 0 Å². The van der Waals surface area contributed by atoms with Gasteiger partial charge in [-0.15, -0.1) is 0 Å². The third-order valence-corrected chi connectivity index (χ3v) is 7.76. The first-order valence-corrected chi connectivity index (χ1v) is 13.1. The van der Waals surface area contributed by atoms with Crippen LogP contribution in [0.15, 0.2) is 140 Å². The lowest BCUT2D eigenvalue weighted by atomic mass is 10.0. The van der Waals surface area contributed by atoms with Crippen molar-refractivity contribution in [3.05, 3.63) is 140 Å². The molecule has 0 saturated carbocycles. The molecule has 2 heterocycles. The zero-order chi connectivity index (χ0) is 25.9. The highest BCUT2D eigenvalue weighted by Crippen LogP contribution is 2.48. The van der Waals surface area contributed by atoms with Crippen molar-refractivity contribution in [2.24, 2.45) is 0 Å². The van der Waals surface area contributed by atoms with Crippen LogP contribution in [0.1, 0.15) is 0 Å². The van der Waals surface area contributed by atoms with Gasteiger partial charge in [0, 0.05) is 22.4 Å².